The first kappa shape index (κ1) is 16.9. The molecule has 0 bridgehead atoms. The van der Waals surface area contributed by atoms with Crippen LogP contribution in [0.15, 0.2) is 42.5 Å². The number of anilines is 1. The number of nitrogens with two attached hydrogens (primary N) is 1. The van der Waals surface area contributed by atoms with Crippen molar-refractivity contribution in [2.75, 3.05) is 5.32 Å². The number of amides is 3. The summed E-state index contributed by atoms with van der Waals surface area (Å²) in [5.74, 6) is -1.96. The zero-order valence-corrected chi connectivity index (χ0v) is 13.3. The Morgan fingerprint density at radius 2 is 1.96 bits per heavy atom. The van der Waals surface area contributed by atoms with Crippen molar-refractivity contribution in [3.8, 4) is 0 Å². The molecule has 0 aliphatic heterocycles. The van der Waals surface area contributed by atoms with E-state index in [1.165, 1.54) is 12.1 Å². The molecule has 130 valence electrons. The molecule has 7 heteroatoms. The van der Waals surface area contributed by atoms with Gasteiger partial charge in [-0.1, -0.05) is 18.2 Å². The second kappa shape index (κ2) is 6.88. The molecule has 4 N–H and O–H groups in total. The van der Waals surface area contributed by atoms with Gasteiger partial charge in [0.2, 0.25) is 5.91 Å². The highest BCUT2D eigenvalue weighted by atomic mass is 19.1. The summed E-state index contributed by atoms with van der Waals surface area (Å²) in [6, 6.07) is 9.68. The smallest absolute Gasteiger partial charge is 0.316 e. The Bertz CT molecular complexity index is 826. The van der Waals surface area contributed by atoms with Crippen molar-refractivity contribution in [2.45, 2.75) is 18.9 Å². The third-order valence-electron chi connectivity index (χ3n) is 4.15. The Labute approximate surface area is 143 Å². The van der Waals surface area contributed by atoms with Gasteiger partial charge in [0, 0.05) is 24.2 Å². The minimum absolute atomic E-state index is 0.179. The van der Waals surface area contributed by atoms with Crippen LogP contribution in [0, 0.1) is 17.6 Å². The fourth-order valence-electron chi connectivity index (χ4n) is 2.85. The van der Waals surface area contributed by atoms with Crippen molar-refractivity contribution in [3.05, 3.63) is 65.2 Å². The van der Waals surface area contributed by atoms with Gasteiger partial charge in [-0.25, -0.2) is 13.6 Å². The van der Waals surface area contributed by atoms with Gasteiger partial charge in [-0.15, -0.1) is 0 Å². The Morgan fingerprint density at radius 1 is 1.16 bits per heavy atom. The van der Waals surface area contributed by atoms with Gasteiger partial charge in [0.15, 0.2) is 0 Å². The molecule has 2 aromatic rings. The predicted molar refractivity (Wildman–Crippen MR) is 88.7 cm³/mol. The second-order valence-electron chi connectivity index (χ2n) is 6.02. The summed E-state index contributed by atoms with van der Waals surface area (Å²) < 4.78 is 26.7. The predicted octanol–water partition coefficient (Wildman–Crippen LogP) is 2.88. The summed E-state index contributed by atoms with van der Waals surface area (Å²) in [4.78, 5) is 23.1. The summed E-state index contributed by atoms with van der Waals surface area (Å²) >= 11 is 0. The van der Waals surface area contributed by atoms with E-state index in [1.807, 2.05) is 0 Å². The van der Waals surface area contributed by atoms with E-state index in [-0.39, 0.29) is 24.3 Å². The normalized spacial score (nSPS) is 18.5. The van der Waals surface area contributed by atoms with Crippen molar-refractivity contribution in [1.29, 1.82) is 0 Å². The zero-order chi connectivity index (χ0) is 18.0. The van der Waals surface area contributed by atoms with E-state index in [4.69, 9.17) is 5.73 Å². The lowest BCUT2D eigenvalue weighted by Crippen LogP contribution is -2.25. The molecule has 0 unspecified atom stereocenters. The molecule has 3 rings (SSSR count). The maximum atomic E-state index is 13.8. The Kier molecular flexibility index (Phi) is 4.65. The van der Waals surface area contributed by atoms with Crippen LogP contribution in [-0.4, -0.2) is 11.9 Å². The molecule has 0 heterocycles. The van der Waals surface area contributed by atoms with Crippen LogP contribution in [0.1, 0.15) is 23.5 Å². The minimum Gasteiger partial charge on any atom is -0.352 e. The molecule has 1 fully saturated rings. The average molecular weight is 345 g/mol. The van der Waals surface area contributed by atoms with Crippen LogP contribution >= 0.6 is 0 Å². The third kappa shape index (κ3) is 4.12. The molecule has 0 aromatic heterocycles. The lowest BCUT2D eigenvalue weighted by molar-refractivity contribution is -0.122. The third-order valence-corrected chi connectivity index (χ3v) is 4.15. The largest absolute Gasteiger partial charge is 0.352 e. The molecule has 0 radical (unpaired) electrons. The van der Waals surface area contributed by atoms with E-state index < -0.39 is 17.7 Å². The van der Waals surface area contributed by atoms with Crippen LogP contribution in [0.4, 0.5) is 19.3 Å². The minimum atomic E-state index is -0.664. The molecule has 2 atom stereocenters. The number of benzene rings is 2. The molecular weight excluding hydrogens is 328 g/mol. The zero-order valence-electron chi connectivity index (χ0n) is 13.3. The average Bonchev–Trinajstić information content (AvgIpc) is 3.33. The van der Waals surface area contributed by atoms with Crippen molar-refractivity contribution in [3.63, 3.8) is 0 Å². The Morgan fingerprint density at radius 3 is 2.68 bits per heavy atom. The van der Waals surface area contributed by atoms with Gasteiger partial charge in [-0.2, -0.15) is 0 Å². The van der Waals surface area contributed by atoms with E-state index in [2.05, 4.69) is 10.6 Å². The number of nitrogens with one attached hydrogen (secondary N) is 2. The molecule has 0 saturated heterocycles. The quantitative estimate of drug-likeness (QED) is 0.778. The van der Waals surface area contributed by atoms with Crippen molar-refractivity contribution < 1.29 is 18.4 Å². The molecule has 25 heavy (non-hydrogen) atoms. The fraction of sp³-hybridized carbons (Fsp3) is 0.222. The monoisotopic (exact) mass is 345 g/mol. The van der Waals surface area contributed by atoms with Crippen LogP contribution in [0.2, 0.25) is 0 Å². The van der Waals surface area contributed by atoms with Gasteiger partial charge < -0.3 is 16.4 Å². The number of hydrogen-bond acceptors (Lipinski definition) is 2. The second-order valence-corrected chi connectivity index (χ2v) is 6.02. The highest BCUT2D eigenvalue weighted by molar-refractivity contribution is 5.87. The number of carbonyl (C=O) groups is 2. The highest BCUT2D eigenvalue weighted by Crippen LogP contribution is 2.48. The summed E-state index contributed by atoms with van der Waals surface area (Å²) in [7, 11) is 0. The van der Waals surface area contributed by atoms with Crippen molar-refractivity contribution in [1.82, 2.24) is 5.32 Å². The van der Waals surface area contributed by atoms with Crippen molar-refractivity contribution >= 4 is 17.6 Å². The van der Waals surface area contributed by atoms with Gasteiger partial charge in [0.1, 0.15) is 11.6 Å². The molecular formula is C18H17F2N3O2. The van der Waals surface area contributed by atoms with Crippen molar-refractivity contribution in [2.24, 2.45) is 11.7 Å². The number of halogens is 2. The topological polar surface area (TPSA) is 84.2 Å². The summed E-state index contributed by atoms with van der Waals surface area (Å²) in [5, 5.41) is 5.25. The first-order chi connectivity index (χ1) is 11.9. The fourth-order valence-corrected chi connectivity index (χ4v) is 2.85. The molecule has 5 nitrogen and oxygen atoms in total. The summed E-state index contributed by atoms with van der Waals surface area (Å²) in [6.45, 7) is 0.280. The lowest BCUT2D eigenvalue weighted by atomic mass is 10.1. The van der Waals surface area contributed by atoms with Gasteiger partial charge in [-0.05, 0) is 41.7 Å². The van der Waals surface area contributed by atoms with Gasteiger partial charge >= 0.3 is 6.03 Å². The SMILES string of the molecule is NC(=O)Nc1cccc(CNC(=O)[C@H]2C[C@@H]2c2ccc(F)cc2F)c1. The van der Waals surface area contributed by atoms with Crippen LogP contribution in [0.5, 0.6) is 0 Å². The molecule has 2 aromatic carbocycles. The Hall–Kier alpha value is -2.96. The van der Waals surface area contributed by atoms with Gasteiger partial charge in [-0.3, -0.25) is 4.79 Å². The first-order valence-corrected chi connectivity index (χ1v) is 7.82. The van der Waals surface area contributed by atoms with Crippen LogP contribution < -0.4 is 16.4 Å². The molecule has 3 amide bonds. The van der Waals surface area contributed by atoms with Crippen LogP contribution in [0.3, 0.4) is 0 Å². The van der Waals surface area contributed by atoms with E-state index in [1.54, 1.807) is 24.3 Å². The number of primary amides is 1. The molecule has 1 saturated carbocycles. The van der Waals surface area contributed by atoms with Crippen LogP contribution in [0.25, 0.3) is 0 Å². The molecule has 0 spiro atoms. The maximum absolute atomic E-state index is 13.8. The maximum Gasteiger partial charge on any atom is 0.316 e. The first-order valence-electron chi connectivity index (χ1n) is 7.82. The number of rotatable bonds is 5. The van der Waals surface area contributed by atoms with Crippen LogP contribution in [-0.2, 0) is 11.3 Å². The number of hydrogen-bond donors (Lipinski definition) is 3. The standard InChI is InChI=1S/C18H17F2N3O2/c19-11-4-5-13(16(20)7-11)14-8-15(14)17(24)22-9-10-2-1-3-12(6-10)23-18(21)25/h1-7,14-15H,8-9H2,(H,22,24)(H3,21,23,25)/t14-,15+/m1/s1. The van der Waals surface area contributed by atoms with E-state index in [0.29, 0.717) is 17.7 Å². The number of urea groups is 1. The summed E-state index contributed by atoms with van der Waals surface area (Å²) in [6.07, 6.45) is 0.539. The van der Waals surface area contributed by atoms with E-state index in [0.717, 1.165) is 11.6 Å². The van der Waals surface area contributed by atoms with Gasteiger partial charge in [0.25, 0.3) is 0 Å². The lowest BCUT2D eigenvalue weighted by Gasteiger charge is -2.08. The molecule has 1 aliphatic carbocycles. The van der Waals surface area contributed by atoms with E-state index in [9.17, 15) is 18.4 Å². The van der Waals surface area contributed by atoms with Gasteiger partial charge in [0.05, 0.1) is 0 Å². The highest BCUT2D eigenvalue weighted by Gasteiger charge is 2.45. The molecule has 1 aliphatic rings. The Balaban J connectivity index is 1.56. The summed E-state index contributed by atoms with van der Waals surface area (Å²) in [5.41, 5.74) is 6.77. The van der Waals surface area contributed by atoms with E-state index >= 15 is 0 Å². The number of carbonyl (C=O) groups excluding carboxylic acids is 2.